The summed E-state index contributed by atoms with van der Waals surface area (Å²) in [5.41, 5.74) is 5.90. The van der Waals surface area contributed by atoms with Crippen molar-refractivity contribution in [1.29, 1.82) is 0 Å². The van der Waals surface area contributed by atoms with E-state index in [0.717, 1.165) is 18.1 Å². The zero-order chi connectivity index (χ0) is 12.4. The van der Waals surface area contributed by atoms with Crippen molar-refractivity contribution >= 4 is 0 Å². The molecular weight excluding hydrogens is 212 g/mol. The maximum Gasteiger partial charge on any atom is 0.121 e. The van der Waals surface area contributed by atoms with Crippen LogP contribution in [0.1, 0.15) is 50.7 Å². The number of nitrogens with two attached hydrogens (primary N) is 1. The van der Waals surface area contributed by atoms with E-state index in [2.05, 4.69) is 24.8 Å². The molecule has 1 aliphatic rings. The number of hydrogen-bond acceptors (Lipinski definition) is 3. The third kappa shape index (κ3) is 2.55. The maximum atomic E-state index is 5.90. The SMILES string of the molecule is Cc1ccc(C(C)N2C(C)CCCC2CN)o1. The molecule has 2 heterocycles. The van der Waals surface area contributed by atoms with Crippen molar-refractivity contribution in [3.8, 4) is 0 Å². The molecule has 3 unspecified atom stereocenters. The van der Waals surface area contributed by atoms with Crippen molar-refractivity contribution in [2.75, 3.05) is 6.54 Å². The highest BCUT2D eigenvalue weighted by molar-refractivity contribution is 5.10. The molecule has 0 amide bonds. The smallest absolute Gasteiger partial charge is 0.121 e. The minimum atomic E-state index is 0.326. The predicted octanol–water partition coefficient (Wildman–Crippen LogP) is 2.85. The Bertz CT molecular complexity index is 361. The van der Waals surface area contributed by atoms with Gasteiger partial charge in [-0.05, 0) is 45.7 Å². The molecule has 2 N–H and O–H groups in total. The number of furan rings is 1. The van der Waals surface area contributed by atoms with Gasteiger partial charge in [0.25, 0.3) is 0 Å². The van der Waals surface area contributed by atoms with Crippen molar-refractivity contribution in [3.63, 3.8) is 0 Å². The summed E-state index contributed by atoms with van der Waals surface area (Å²) in [7, 11) is 0. The first kappa shape index (κ1) is 12.7. The fourth-order valence-corrected chi connectivity index (χ4v) is 3.07. The van der Waals surface area contributed by atoms with Crippen LogP contribution in [0.3, 0.4) is 0 Å². The molecule has 1 aromatic rings. The summed E-state index contributed by atoms with van der Waals surface area (Å²) in [4.78, 5) is 2.53. The summed E-state index contributed by atoms with van der Waals surface area (Å²) in [6, 6.07) is 5.55. The van der Waals surface area contributed by atoms with Crippen LogP contribution in [0.2, 0.25) is 0 Å². The van der Waals surface area contributed by atoms with E-state index in [9.17, 15) is 0 Å². The van der Waals surface area contributed by atoms with Gasteiger partial charge in [0.05, 0.1) is 6.04 Å². The summed E-state index contributed by atoms with van der Waals surface area (Å²) >= 11 is 0. The molecule has 1 aliphatic heterocycles. The van der Waals surface area contributed by atoms with E-state index >= 15 is 0 Å². The van der Waals surface area contributed by atoms with Gasteiger partial charge < -0.3 is 10.2 Å². The van der Waals surface area contributed by atoms with E-state index in [1.807, 2.05) is 13.0 Å². The molecule has 0 aliphatic carbocycles. The van der Waals surface area contributed by atoms with Crippen LogP contribution in [0, 0.1) is 6.92 Å². The van der Waals surface area contributed by atoms with Crippen LogP contribution in [0.25, 0.3) is 0 Å². The van der Waals surface area contributed by atoms with Crippen LogP contribution in [0.5, 0.6) is 0 Å². The minimum absolute atomic E-state index is 0.326. The molecule has 0 aromatic carbocycles. The molecule has 2 rings (SSSR count). The Morgan fingerprint density at radius 2 is 2.24 bits per heavy atom. The van der Waals surface area contributed by atoms with Crippen LogP contribution in [0.15, 0.2) is 16.5 Å². The van der Waals surface area contributed by atoms with E-state index in [1.54, 1.807) is 0 Å². The van der Waals surface area contributed by atoms with Gasteiger partial charge in [-0.15, -0.1) is 0 Å². The first-order chi connectivity index (χ1) is 8.13. The van der Waals surface area contributed by atoms with E-state index in [1.165, 1.54) is 19.3 Å². The van der Waals surface area contributed by atoms with Crippen molar-refractivity contribution in [2.45, 2.75) is 58.2 Å². The first-order valence-corrected chi connectivity index (χ1v) is 6.67. The Balaban J connectivity index is 2.17. The first-order valence-electron chi connectivity index (χ1n) is 6.67. The zero-order valence-electron chi connectivity index (χ0n) is 11.1. The molecule has 0 saturated carbocycles. The second-order valence-electron chi connectivity index (χ2n) is 5.24. The number of nitrogens with zero attached hydrogens (tertiary/aromatic N) is 1. The van der Waals surface area contributed by atoms with Crippen molar-refractivity contribution in [2.24, 2.45) is 5.73 Å². The van der Waals surface area contributed by atoms with E-state index in [0.29, 0.717) is 18.1 Å². The highest BCUT2D eigenvalue weighted by Gasteiger charge is 2.32. The lowest BCUT2D eigenvalue weighted by Gasteiger charge is -2.43. The molecule has 0 bridgehead atoms. The summed E-state index contributed by atoms with van der Waals surface area (Å²) in [5, 5.41) is 0. The quantitative estimate of drug-likeness (QED) is 0.877. The molecule has 0 radical (unpaired) electrons. The molecule has 96 valence electrons. The third-order valence-electron chi connectivity index (χ3n) is 3.98. The Hall–Kier alpha value is -0.800. The molecule has 1 saturated heterocycles. The average Bonchev–Trinajstić information content (AvgIpc) is 2.74. The van der Waals surface area contributed by atoms with Gasteiger partial charge in [-0.3, -0.25) is 4.90 Å². The highest BCUT2D eigenvalue weighted by atomic mass is 16.3. The maximum absolute atomic E-state index is 5.90. The molecule has 3 atom stereocenters. The van der Waals surface area contributed by atoms with Crippen LogP contribution < -0.4 is 5.73 Å². The molecule has 17 heavy (non-hydrogen) atoms. The standard InChI is InChI=1S/C14H24N2O/c1-10-5-4-6-13(9-15)16(10)12(3)14-8-7-11(2)17-14/h7-8,10,12-13H,4-6,9,15H2,1-3H3. The van der Waals surface area contributed by atoms with Gasteiger partial charge in [-0.25, -0.2) is 0 Å². The van der Waals surface area contributed by atoms with E-state index < -0.39 is 0 Å². The predicted molar refractivity (Wildman–Crippen MR) is 69.9 cm³/mol. The normalized spacial score (nSPS) is 28.2. The van der Waals surface area contributed by atoms with Gasteiger partial charge in [-0.2, -0.15) is 0 Å². The molecular formula is C14H24N2O. The zero-order valence-corrected chi connectivity index (χ0v) is 11.1. The lowest BCUT2D eigenvalue weighted by Crippen LogP contribution is -2.49. The molecule has 3 nitrogen and oxygen atoms in total. The number of likely N-dealkylation sites (tertiary alicyclic amines) is 1. The molecule has 1 fully saturated rings. The summed E-state index contributed by atoms with van der Waals surface area (Å²) in [6.07, 6.45) is 3.77. The van der Waals surface area contributed by atoms with Crippen LogP contribution in [0.4, 0.5) is 0 Å². The Kier molecular flexibility index (Phi) is 3.89. The lowest BCUT2D eigenvalue weighted by molar-refractivity contribution is 0.0474. The second kappa shape index (κ2) is 5.23. The van der Waals surface area contributed by atoms with Gasteiger partial charge in [0.15, 0.2) is 0 Å². The van der Waals surface area contributed by atoms with E-state index in [-0.39, 0.29) is 0 Å². The van der Waals surface area contributed by atoms with Crippen LogP contribution in [-0.2, 0) is 0 Å². The van der Waals surface area contributed by atoms with Gasteiger partial charge in [0, 0.05) is 18.6 Å². The molecule has 0 spiro atoms. The summed E-state index contributed by atoms with van der Waals surface area (Å²) in [6.45, 7) is 7.27. The second-order valence-corrected chi connectivity index (χ2v) is 5.24. The monoisotopic (exact) mass is 236 g/mol. The van der Waals surface area contributed by atoms with Gasteiger partial charge in [-0.1, -0.05) is 6.42 Å². The van der Waals surface area contributed by atoms with Crippen LogP contribution in [-0.4, -0.2) is 23.5 Å². The van der Waals surface area contributed by atoms with Gasteiger partial charge in [0.1, 0.15) is 11.5 Å². The number of rotatable bonds is 3. The average molecular weight is 236 g/mol. The fraction of sp³-hybridized carbons (Fsp3) is 0.714. The van der Waals surface area contributed by atoms with Crippen molar-refractivity contribution in [3.05, 3.63) is 23.7 Å². The van der Waals surface area contributed by atoms with Crippen molar-refractivity contribution < 1.29 is 4.42 Å². The lowest BCUT2D eigenvalue weighted by atomic mass is 9.94. The third-order valence-corrected chi connectivity index (χ3v) is 3.98. The van der Waals surface area contributed by atoms with Gasteiger partial charge >= 0.3 is 0 Å². The summed E-state index contributed by atoms with van der Waals surface area (Å²) in [5.74, 6) is 2.05. The van der Waals surface area contributed by atoms with Crippen LogP contribution >= 0.6 is 0 Å². The number of piperidine rings is 1. The van der Waals surface area contributed by atoms with Crippen molar-refractivity contribution in [1.82, 2.24) is 4.90 Å². The minimum Gasteiger partial charge on any atom is -0.465 e. The Morgan fingerprint density at radius 1 is 1.47 bits per heavy atom. The highest BCUT2D eigenvalue weighted by Crippen LogP contribution is 2.32. The fourth-order valence-electron chi connectivity index (χ4n) is 3.07. The van der Waals surface area contributed by atoms with Gasteiger partial charge in [0.2, 0.25) is 0 Å². The topological polar surface area (TPSA) is 42.4 Å². The number of aryl methyl sites for hydroxylation is 1. The van der Waals surface area contributed by atoms with E-state index in [4.69, 9.17) is 10.2 Å². The number of hydrogen-bond donors (Lipinski definition) is 1. The summed E-state index contributed by atoms with van der Waals surface area (Å²) < 4.78 is 5.76. The molecule has 1 aromatic heterocycles. The largest absolute Gasteiger partial charge is 0.465 e. The Labute approximate surface area is 104 Å². The Morgan fingerprint density at radius 3 is 2.82 bits per heavy atom. The molecule has 3 heteroatoms.